The van der Waals surface area contributed by atoms with Crippen LogP contribution in [0, 0.1) is 99.1 Å². The highest BCUT2D eigenvalue weighted by atomic mass is 19.4. The van der Waals surface area contributed by atoms with Crippen LogP contribution in [0.25, 0.3) is 0 Å². The molecule has 0 saturated heterocycles. The zero-order chi connectivity index (χ0) is 64.1. The molecule has 0 aromatic carbocycles. The summed E-state index contributed by atoms with van der Waals surface area (Å²) in [6.45, 7) is 53.1. The molecule has 4 fully saturated rings. The van der Waals surface area contributed by atoms with E-state index in [0.29, 0.717) is 42.9 Å². The fraction of sp³-hybridized carbons (Fsp3) is 1.00. The van der Waals surface area contributed by atoms with Gasteiger partial charge in [0, 0.05) is 2.74 Å². The molecule has 77 heavy (non-hydrogen) atoms. The lowest BCUT2D eigenvalue weighted by Crippen LogP contribution is -2.35. The molecule has 12 heteroatoms. The van der Waals surface area contributed by atoms with Crippen molar-refractivity contribution in [2.75, 3.05) is 0 Å². The summed E-state index contributed by atoms with van der Waals surface area (Å²) in [6.07, 6.45) is -1.91. The fourth-order valence-corrected chi connectivity index (χ4v) is 9.81. The monoisotopic (exact) mass is 1140 g/mol. The number of hydrogen-bond donors (Lipinski definition) is 0. The molecule has 12 atom stereocenters. The van der Waals surface area contributed by atoms with Gasteiger partial charge in [-0.1, -0.05) is 244 Å². The van der Waals surface area contributed by atoms with Gasteiger partial charge in [-0.25, -0.2) is 0 Å². The van der Waals surface area contributed by atoms with Crippen LogP contribution in [0.3, 0.4) is 0 Å². The molecule has 4 rings (SSSR count). The van der Waals surface area contributed by atoms with E-state index in [1.54, 1.807) is 27.7 Å². The summed E-state index contributed by atoms with van der Waals surface area (Å²) in [5, 5.41) is 0. The smallest absolute Gasteiger partial charge is 0.171 e. The van der Waals surface area contributed by atoms with Gasteiger partial charge in [0.25, 0.3) is 0 Å². The van der Waals surface area contributed by atoms with E-state index in [-0.39, 0.29) is 47.3 Å². The van der Waals surface area contributed by atoms with Crippen molar-refractivity contribution in [1.82, 2.24) is 0 Å². The summed E-state index contributed by atoms with van der Waals surface area (Å²) >= 11 is 0. The van der Waals surface area contributed by atoms with Crippen LogP contribution in [0.1, 0.15) is 298 Å². The highest BCUT2D eigenvalue weighted by molar-refractivity contribution is 4.84. The first-order chi connectivity index (χ1) is 35.1. The SMILES string of the molecule is CC1CC(C(F)(F)F)C[C@@H](C)C1.CC1CCC(C)C1C.CC1CCCC(C(F)(F)F)[C@@H]1C.CC1C[C@H](C)CC1C(F)(F)F.CCC(C)(C)C.CCCC(C)(C)C.CCCC(C)C.CCCC(C)C(F)(F)F.[2H]C([2H])(C)C(C)(C)C. The Morgan fingerprint density at radius 2 is 0.792 bits per heavy atom. The van der Waals surface area contributed by atoms with Crippen molar-refractivity contribution in [3.63, 3.8) is 0 Å². The predicted molar refractivity (Wildman–Crippen MR) is 311 cm³/mol. The van der Waals surface area contributed by atoms with Crippen molar-refractivity contribution in [1.29, 1.82) is 0 Å². The molecule has 0 heterocycles. The average Bonchev–Trinajstić information content (AvgIpc) is 3.75. The van der Waals surface area contributed by atoms with Gasteiger partial charge in [-0.15, -0.1) is 0 Å². The lowest BCUT2D eigenvalue weighted by molar-refractivity contribution is -0.199. The molecule has 0 nitrogen and oxygen atoms in total. The molecule has 0 radical (unpaired) electrons. The summed E-state index contributed by atoms with van der Waals surface area (Å²) in [7, 11) is 0. The fourth-order valence-electron chi connectivity index (χ4n) is 9.81. The Morgan fingerprint density at radius 3 is 0.961 bits per heavy atom. The molecule has 0 amide bonds. The van der Waals surface area contributed by atoms with Crippen LogP contribution in [-0.4, -0.2) is 24.7 Å². The van der Waals surface area contributed by atoms with Crippen molar-refractivity contribution < 1.29 is 55.4 Å². The zero-order valence-corrected chi connectivity index (χ0v) is 54.6. The summed E-state index contributed by atoms with van der Waals surface area (Å²) in [5.74, 6) is 0.156. The summed E-state index contributed by atoms with van der Waals surface area (Å²) in [5.41, 5.74) is 0.863. The van der Waals surface area contributed by atoms with Crippen LogP contribution >= 0.6 is 0 Å². The minimum absolute atomic E-state index is 0.176. The lowest BCUT2D eigenvalue weighted by Gasteiger charge is -2.35. The number of rotatable bonds is 5. The van der Waals surface area contributed by atoms with E-state index in [1.807, 2.05) is 48.5 Å². The second-order valence-corrected chi connectivity index (χ2v) is 28.3. The third-order valence-corrected chi connectivity index (χ3v) is 16.1. The van der Waals surface area contributed by atoms with Crippen molar-refractivity contribution >= 4 is 0 Å². The normalized spacial score (nSPS) is 28.7. The van der Waals surface area contributed by atoms with Crippen LogP contribution in [-0.2, 0) is 0 Å². The third kappa shape index (κ3) is 49.5. The minimum atomic E-state index is -3.99. The van der Waals surface area contributed by atoms with Gasteiger partial charge >= 0.3 is 24.7 Å². The summed E-state index contributed by atoms with van der Waals surface area (Å²) in [4.78, 5) is 0. The second kappa shape index (κ2) is 40.4. The zero-order valence-electron chi connectivity index (χ0n) is 56.6. The van der Waals surface area contributed by atoms with Gasteiger partial charge in [-0.3, -0.25) is 0 Å². The van der Waals surface area contributed by atoms with Crippen LogP contribution in [0.5, 0.6) is 0 Å². The van der Waals surface area contributed by atoms with Gasteiger partial charge in [0.15, 0.2) is 0 Å². The molecule has 0 bridgehead atoms. The maximum absolute atomic E-state index is 12.4. The largest absolute Gasteiger partial charge is 0.392 e. The van der Waals surface area contributed by atoms with Crippen molar-refractivity contribution in [2.24, 2.45) is 99.1 Å². The molecule has 0 aromatic heterocycles. The third-order valence-electron chi connectivity index (χ3n) is 16.1. The van der Waals surface area contributed by atoms with Gasteiger partial charge in [-0.05, 0) is 127 Å². The summed E-state index contributed by atoms with van der Waals surface area (Å²) < 4.78 is 160. The van der Waals surface area contributed by atoms with E-state index >= 15 is 0 Å². The van der Waals surface area contributed by atoms with Gasteiger partial charge in [0.05, 0.1) is 23.7 Å². The first-order valence-corrected chi connectivity index (χ1v) is 30.3. The number of hydrogen-bond acceptors (Lipinski definition) is 0. The number of halogens is 12. The van der Waals surface area contributed by atoms with Gasteiger partial charge in [-0.2, -0.15) is 52.7 Å². The van der Waals surface area contributed by atoms with Gasteiger partial charge < -0.3 is 0 Å². The van der Waals surface area contributed by atoms with E-state index in [9.17, 15) is 52.7 Å². The molecule has 4 aliphatic carbocycles. The van der Waals surface area contributed by atoms with Crippen molar-refractivity contribution in [3.05, 3.63) is 0 Å². The van der Waals surface area contributed by atoms with Gasteiger partial charge in [0.1, 0.15) is 0 Å². The molecule has 4 saturated carbocycles. The first kappa shape index (κ1) is 80.4. The Morgan fingerprint density at radius 1 is 0.416 bits per heavy atom. The molecule has 0 spiro atoms. The van der Waals surface area contributed by atoms with E-state index < -0.39 is 54.7 Å². The second-order valence-electron chi connectivity index (χ2n) is 28.3. The van der Waals surface area contributed by atoms with Crippen LogP contribution in [0.15, 0.2) is 0 Å². The van der Waals surface area contributed by atoms with Crippen molar-refractivity contribution in [3.8, 4) is 0 Å². The highest BCUT2D eigenvalue weighted by Gasteiger charge is 2.48. The van der Waals surface area contributed by atoms with E-state index in [2.05, 4.69) is 96.9 Å². The van der Waals surface area contributed by atoms with E-state index in [1.165, 1.54) is 51.9 Å². The Balaban J connectivity index is -0.000000263. The Hall–Kier alpha value is -0.840. The molecule has 0 aromatic rings. The molecule has 4 aliphatic rings. The topological polar surface area (TPSA) is 0 Å². The number of alkyl halides is 12. The summed E-state index contributed by atoms with van der Waals surface area (Å²) in [6, 6.07) is 0. The maximum atomic E-state index is 12.4. The lowest BCUT2D eigenvalue weighted by atomic mass is 9.73. The van der Waals surface area contributed by atoms with E-state index in [4.69, 9.17) is 2.74 Å². The first-order valence-electron chi connectivity index (χ1n) is 31.3. The van der Waals surface area contributed by atoms with E-state index in [0.717, 1.165) is 49.4 Å². The molecule has 9 unspecified atom stereocenters. The van der Waals surface area contributed by atoms with Crippen LogP contribution in [0.2, 0.25) is 0 Å². The standard InChI is InChI=1S/2C9H15F3.C8H13F3.C8H16.C7H16.C6H11F3.3C6H14/c1-6-3-7(2)5-8(4-6)9(10,11)12;1-6-4-3-5-8(7(6)2)9(10,11)12;1-5-3-6(2)7(4-5)8(9,10)11;1-6-4-5-7(2)8(6)3;1-5-6-7(2,3)4;1-3-4-5(2)6(7,8)9;2*1-5-6(2,3)4;1-4-5-6(2)3/h2*6-8H,3-5H2,1-2H3;5-7H,3-4H2,1-2H3;6-8H,4-5H2,1-3H3;5-6H2,1-4H3;5H,3-4H2,1-2H3;2*5H2,1-4H3;6H,4-5H2,1-3H3/t6-,7?,8?;6?,7-,8?;5-,6?,7?;;;;;;/m010....../s1/i;;;;;;5D2;;. The molecular formula is C65H128F12. The van der Waals surface area contributed by atoms with Gasteiger partial charge in [0.2, 0.25) is 0 Å². The van der Waals surface area contributed by atoms with Crippen molar-refractivity contribution in [2.45, 2.75) is 320 Å². The Bertz CT molecular complexity index is 1390. The average molecular weight is 1140 g/mol. The Kier molecular flexibility index (Phi) is 42.2. The molecule has 0 N–H and O–H groups in total. The molecule has 472 valence electrons. The van der Waals surface area contributed by atoms with Crippen LogP contribution < -0.4 is 0 Å². The van der Waals surface area contributed by atoms with Crippen LogP contribution in [0.4, 0.5) is 52.7 Å². The molecular weight excluding hydrogens is 1010 g/mol. The molecule has 0 aliphatic heterocycles. The Labute approximate surface area is 473 Å². The maximum Gasteiger partial charge on any atom is 0.392 e. The predicted octanol–water partition coefficient (Wildman–Crippen LogP) is 26.3. The highest BCUT2D eigenvalue weighted by Crippen LogP contribution is 2.46. The quantitative estimate of drug-likeness (QED) is 0.241. The minimum Gasteiger partial charge on any atom is -0.171 e.